The number of hydrogen-bond acceptors (Lipinski definition) is 6. The number of hydrogen-bond donors (Lipinski definition) is 2. The molecule has 0 saturated heterocycles. The van der Waals surface area contributed by atoms with Gasteiger partial charge in [-0.2, -0.15) is 0 Å². The van der Waals surface area contributed by atoms with Crippen LogP contribution in [0.1, 0.15) is 6.92 Å². The average molecular weight is 254 g/mol. The molecule has 0 aromatic heterocycles. The number of benzene rings is 1. The third-order valence-electron chi connectivity index (χ3n) is 2.69. The van der Waals surface area contributed by atoms with Gasteiger partial charge >= 0.3 is 0 Å². The van der Waals surface area contributed by atoms with Crippen LogP contribution in [0.2, 0.25) is 0 Å². The second kappa shape index (κ2) is 5.22. The number of fused-ring (bicyclic) bond motifs is 1. The molecule has 6 nitrogen and oxygen atoms in total. The monoisotopic (exact) mass is 254 g/mol. The molecule has 1 atom stereocenters. The molecule has 0 bridgehead atoms. The minimum absolute atomic E-state index is 0.174. The summed E-state index contributed by atoms with van der Waals surface area (Å²) in [5, 5.41) is 0. The van der Waals surface area contributed by atoms with E-state index in [1.807, 2.05) is 6.92 Å². The Morgan fingerprint density at radius 1 is 1.39 bits per heavy atom. The molecule has 4 N–H and O–H groups in total. The largest absolute Gasteiger partial charge is 0.494 e. The molecular formula is C12H18N2O4. The summed E-state index contributed by atoms with van der Waals surface area (Å²) in [7, 11) is 1.53. The Morgan fingerprint density at radius 3 is 2.83 bits per heavy atom. The lowest BCUT2D eigenvalue weighted by Crippen LogP contribution is -2.34. The summed E-state index contributed by atoms with van der Waals surface area (Å²) in [6.07, 6.45) is -0.174. The van der Waals surface area contributed by atoms with Crippen LogP contribution in [0.5, 0.6) is 17.2 Å². The summed E-state index contributed by atoms with van der Waals surface area (Å²) in [5.74, 6) is 1.39. The van der Waals surface area contributed by atoms with Crippen LogP contribution < -0.4 is 25.7 Å². The van der Waals surface area contributed by atoms with Crippen molar-refractivity contribution >= 4 is 11.4 Å². The normalized spacial score (nSPS) is 17.6. The zero-order chi connectivity index (χ0) is 13.1. The molecule has 0 spiro atoms. The number of methoxy groups -OCH3 is 1. The van der Waals surface area contributed by atoms with Gasteiger partial charge < -0.3 is 30.4 Å². The predicted octanol–water partition coefficient (Wildman–Crippen LogP) is 1.04. The van der Waals surface area contributed by atoms with Gasteiger partial charge in [-0.25, -0.2) is 0 Å². The minimum atomic E-state index is -0.174. The highest BCUT2D eigenvalue weighted by Crippen LogP contribution is 2.46. The third kappa shape index (κ3) is 2.24. The summed E-state index contributed by atoms with van der Waals surface area (Å²) in [4.78, 5) is 0. The first-order chi connectivity index (χ1) is 8.67. The van der Waals surface area contributed by atoms with Crippen molar-refractivity contribution in [1.29, 1.82) is 0 Å². The molecule has 1 aliphatic heterocycles. The van der Waals surface area contributed by atoms with Gasteiger partial charge in [-0.05, 0) is 6.92 Å². The van der Waals surface area contributed by atoms with E-state index in [2.05, 4.69) is 0 Å². The van der Waals surface area contributed by atoms with Crippen molar-refractivity contribution < 1.29 is 18.9 Å². The summed E-state index contributed by atoms with van der Waals surface area (Å²) in [6.45, 7) is 3.40. The first-order valence-electron chi connectivity index (χ1n) is 5.80. The van der Waals surface area contributed by atoms with Crippen LogP contribution in [-0.4, -0.2) is 33.0 Å². The van der Waals surface area contributed by atoms with Crippen LogP contribution in [0.3, 0.4) is 0 Å². The van der Waals surface area contributed by atoms with E-state index in [-0.39, 0.29) is 6.10 Å². The molecule has 0 aliphatic carbocycles. The number of rotatable bonds is 4. The van der Waals surface area contributed by atoms with E-state index in [0.29, 0.717) is 48.4 Å². The van der Waals surface area contributed by atoms with Crippen molar-refractivity contribution in [2.75, 3.05) is 38.4 Å². The molecule has 100 valence electrons. The zero-order valence-corrected chi connectivity index (χ0v) is 10.6. The van der Waals surface area contributed by atoms with Gasteiger partial charge in [0.05, 0.1) is 19.4 Å². The Kier molecular flexibility index (Phi) is 3.66. The third-order valence-corrected chi connectivity index (χ3v) is 2.69. The minimum Gasteiger partial charge on any atom is -0.494 e. The van der Waals surface area contributed by atoms with Crippen LogP contribution in [0, 0.1) is 0 Å². The highest BCUT2D eigenvalue weighted by atomic mass is 16.6. The molecule has 0 amide bonds. The quantitative estimate of drug-likeness (QED) is 0.780. The van der Waals surface area contributed by atoms with Crippen molar-refractivity contribution in [3.05, 3.63) is 6.07 Å². The molecule has 0 radical (unpaired) electrons. The first-order valence-corrected chi connectivity index (χ1v) is 5.80. The lowest BCUT2D eigenvalue weighted by atomic mass is 10.2. The van der Waals surface area contributed by atoms with Crippen molar-refractivity contribution in [3.8, 4) is 17.2 Å². The van der Waals surface area contributed by atoms with Crippen LogP contribution in [0.25, 0.3) is 0 Å². The van der Waals surface area contributed by atoms with Gasteiger partial charge in [-0.15, -0.1) is 0 Å². The molecular weight excluding hydrogens is 236 g/mol. The fourth-order valence-electron chi connectivity index (χ4n) is 1.79. The van der Waals surface area contributed by atoms with E-state index in [9.17, 15) is 0 Å². The standard InChI is InChI=1S/C12H18N2O4/c1-3-16-5-7-6-17-12-10(14)9(15-2)4-8(13)11(12)18-7/h4,7H,3,5-6,13-14H2,1-2H3. The molecule has 1 unspecified atom stereocenters. The van der Waals surface area contributed by atoms with Gasteiger partial charge in [0, 0.05) is 12.7 Å². The molecule has 1 aliphatic rings. The second-order valence-electron chi connectivity index (χ2n) is 3.95. The van der Waals surface area contributed by atoms with Crippen molar-refractivity contribution in [2.24, 2.45) is 0 Å². The van der Waals surface area contributed by atoms with Gasteiger partial charge in [0.15, 0.2) is 17.6 Å². The highest BCUT2D eigenvalue weighted by Gasteiger charge is 2.27. The summed E-state index contributed by atoms with van der Waals surface area (Å²) >= 11 is 0. The number of anilines is 2. The van der Waals surface area contributed by atoms with Gasteiger partial charge in [0.1, 0.15) is 18.0 Å². The number of nitrogen functional groups attached to an aromatic ring is 2. The van der Waals surface area contributed by atoms with Crippen molar-refractivity contribution in [3.63, 3.8) is 0 Å². The van der Waals surface area contributed by atoms with Crippen LogP contribution in [0.15, 0.2) is 6.07 Å². The fourth-order valence-corrected chi connectivity index (χ4v) is 1.79. The smallest absolute Gasteiger partial charge is 0.190 e. The lowest BCUT2D eigenvalue weighted by Gasteiger charge is -2.28. The summed E-state index contributed by atoms with van der Waals surface area (Å²) in [5.41, 5.74) is 12.6. The summed E-state index contributed by atoms with van der Waals surface area (Å²) in [6, 6.07) is 1.63. The maximum Gasteiger partial charge on any atom is 0.190 e. The van der Waals surface area contributed by atoms with E-state index in [1.54, 1.807) is 6.07 Å². The molecule has 0 fully saturated rings. The number of nitrogens with two attached hydrogens (primary N) is 2. The Bertz CT molecular complexity index is 437. The zero-order valence-electron chi connectivity index (χ0n) is 10.6. The average Bonchev–Trinajstić information content (AvgIpc) is 2.40. The number of ether oxygens (including phenoxy) is 4. The Labute approximate surface area is 106 Å². The highest BCUT2D eigenvalue weighted by molar-refractivity contribution is 5.77. The summed E-state index contributed by atoms with van der Waals surface area (Å²) < 4.78 is 21.8. The maximum absolute atomic E-state index is 5.91. The van der Waals surface area contributed by atoms with Gasteiger partial charge in [-0.1, -0.05) is 0 Å². The topological polar surface area (TPSA) is 89.0 Å². The van der Waals surface area contributed by atoms with Gasteiger partial charge in [0.25, 0.3) is 0 Å². The van der Waals surface area contributed by atoms with Gasteiger partial charge in [0.2, 0.25) is 0 Å². The van der Waals surface area contributed by atoms with Crippen LogP contribution >= 0.6 is 0 Å². The van der Waals surface area contributed by atoms with Crippen molar-refractivity contribution in [2.45, 2.75) is 13.0 Å². The van der Waals surface area contributed by atoms with E-state index in [0.717, 1.165) is 0 Å². The Hall–Kier alpha value is -1.82. The lowest BCUT2D eigenvalue weighted by molar-refractivity contribution is 0.0136. The first kappa shape index (κ1) is 12.6. The molecule has 1 heterocycles. The maximum atomic E-state index is 5.91. The molecule has 1 aromatic carbocycles. The Morgan fingerprint density at radius 2 is 2.17 bits per heavy atom. The molecule has 18 heavy (non-hydrogen) atoms. The Balaban J connectivity index is 2.25. The fraction of sp³-hybridized carbons (Fsp3) is 0.500. The molecule has 1 aromatic rings. The van der Waals surface area contributed by atoms with Gasteiger partial charge in [-0.3, -0.25) is 0 Å². The van der Waals surface area contributed by atoms with E-state index in [1.165, 1.54) is 7.11 Å². The molecule has 6 heteroatoms. The second-order valence-corrected chi connectivity index (χ2v) is 3.95. The van der Waals surface area contributed by atoms with E-state index < -0.39 is 0 Å². The molecule has 0 saturated carbocycles. The van der Waals surface area contributed by atoms with Crippen LogP contribution in [-0.2, 0) is 4.74 Å². The predicted molar refractivity (Wildman–Crippen MR) is 68.2 cm³/mol. The SMILES string of the molecule is CCOCC1COc2c(N)c(OC)cc(N)c2O1. The van der Waals surface area contributed by atoms with E-state index >= 15 is 0 Å². The van der Waals surface area contributed by atoms with E-state index in [4.69, 9.17) is 30.4 Å². The van der Waals surface area contributed by atoms with Crippen molar-refractivity contribution in [1.82, 2.24) is 0 Å². The molecule has 2 rings (SSSR count). The van der Waals surface area contributed by atoms with Crippen LogP contribution in [0.4, 0.5) is 11.4 Å².